The Morgan fingerprint density at radius 1 is 1.35 bits per heavy atom. The van der Waals surface area contributed by atoms with Gasteiger partial charge in [-0.2, -0.15) is 0 Å². The predicted molar refractivity (Wildman–Crippen MR) is 72.4 cm³/mol. The minimum Gasteiger partial charge on any atom is -0.354 e. The molecule has 2 aromatic rings. The number of fused-ring (bicyclic) bond motifs is 1. The van der Waals surface area contributed by atoms with Crippen LogP contribution in [0.4, 0.5) is 5.95 Å². The summed E-state index contributed by atoms with van der Waals surface area (Å²) in [5.41, 5.74) is 2.21. The number of hydrogen-bond donors (Lipinski definition) is 1. The molecule has 0 atom stereocenters. The summed E-state index contributed by atoms with van der Waals surface area (Å²) in [5.74, 6) is 0.940. The second kappa shape index (κ2) is 5.19. The molecule has 0 aliphatic rings. The van der Waals surface area contributed by atoms with E-state index >= 15 is 0 Å². The maximum absolute atomic E-state index is 4.57. The lowest BCUT2D eigenvalue weighted by Gasteiger charge is -2.14. The normalized spacial score (nSPS) is 11.3. The van der Waals surface area contributed by atoms with E-state index in [2.05, 4.69) is 39.8 Å². The Labute approximate surface area is 102 Å². The smallest absolute Gasteiger partial charge is 0.203 e. The number of imidazole rings is 1. The lowest BCUT2D eigenvalue weighted by molar-refractivity contribution is 0.366. The molecule has 0 fully saturated rings. The summed E-state index contributed by atoms with van der Waals surface area (Å²) < 4.78 is 2.10. The van der Waals surface area contributed by atoms with Gasteiger partial charge in [-0.3, -0.25) is 0 Å². The van der Waals surface area contributed by atoms with Crippen LogP contribution in [-0.4, -0.2) is 41.1 Å². The third kappa shape index (κ3) is 2.58. The van der Waals surface area contributed by atoms with Crippen LogP contribution < -0.4 is 5.32 Å². The number of nitrogens with one attached hydrogen (secondary N) is 1. The molecule has 4 nitrogen and oxygen atoms in total. The number of benzene rings is 1. The minimum absolute atomic E-state index is 0.918. The summed E-state index contributed by atoms with van der Waals surface area (Å²) in [7, 11) is 4.16. The maximum atomic E-state index is 4.57. The Morgan fingerprint density at radius 2 is 2.12 bits per heavy atom. The summed E-state index contributed by atoms with van der Waals surface area (Å²) >= 11 is 0. The molecule has 92 valence electrons. The van der Waals surface area contributed by atoms with Crippen LogP contribution in [0.2, 0.25) is 0 Å². The molecule has 17 heavy (non-hydrogen) atoms. The number of aryl methyl sites for hydroxylation is 1. The highest BCUT2D eigenvalue weighted by atomic mass is 15.2. The quantitative estimate of drug-likeness (QED) is 0.855. The fraction of sp³-hybridized carbons (Fsp3) is 0.462. The highest BCUT2D eigenvalue weighted by molar-refractivity contribution is 5.78. The van der Waals surface area contributed by atoms with Crippen molar-refractivity contribution in [2.45, 2.75) is 6.92 Å². The zero-order valence-electron chi connectivity index (χ0n) is 10.8. The van der Waals surface area contributed by atoms with Crippen LogP contribution in [0.25, 0.3) is 11.0 Å². The molecule has 2 rings (SSSR count). The summed E-state index contributed by atoms with van der Waals surface area (Å²) in [6.45, 7) is 5.18. The Kier molecular flexibility index (Phi) is 3.64. The van der Waals surface area contributed by atoms with Gasteiger partial charge in [-0.15, -0.1) is 0 Å². The van der Waals surface area contributed by atoms with E-state index < -0.39 is 0 Å². The fourth-order valence-electron chi connectivity index (χ4n) is 1.82. The van der Waals surface area contributed by atoms with Gasteiger partial charge < -0.3 is 14.8 Å². The van der Waals surface area contributed by atoms with E-state index in [4.69, 9.17) is 0 Å². The Hall–Kier alpha value is -1.55. The van der Waals surface area contributed by atoms with Crippen LogP contribution in [-0.2, 0) is 7.05 Å². The van der Waals surface area contributed by atoms with Gasteiger partial charge in [-0.05, 0) is 25.7 Å². The fourth-order valence-corrected chi connectivity index (χ4v) is 1.82. The Balaban J connectivity index is 2.06. The number of likely N-dealkylation sites (N-methyl/N-ethyl adjacent to an activating group) is 1. The summed E-state index contributed by atoms with van der Waals surface area (Å²) in [6.07, 6.45) is 0. The summed E-state index contributed by atoms with van der Waals surface area (Å²) in [4.78, 5) is 6.84. The van der Waals surface area contributed by atoms with Crippen molar-refractivity contribution in [3.05, 3.63) is 24.3 Å². The molecule has 0 saturated carbocycles. The van der Waals surface area contributed by atoms with E-state index in [1.807, 2.05) is 25.2 Å². The van der Waals surface area contributed by atoms with Crippen LogP contribution in [0.3, 0.4) is 0 Å². The van der Waals surface area contributed by atoms with E-state index in [-0.39, 0.29) is 0 Å². The minimum atomic E-state index is 0.918. The first-order valence-corrected chi connectivity index (χ1v) is 6.06. The van der Waals surface area contributed by atoms with Crippen molar-refractivity contribution in [2.75, 3.05) is 32.0 Å². The summed E-state index contributed by atoms with van der Waals surface area (Å²) in [6, 6.07) is 8.19. The van der Waals surface area contributed by atoms with Gasteiger partial charge in [0.15, 0.2) is 0 Å². The average molecular weight is 232 g/mol. The maximum Gasteiger partial charge on any atom is 0.203 e. The molecular formula is C13H20N4. The molecule has 0 spiro atoms. The van der Waals surface area contributed by atoms with Crippen LogP contribution in [0.15, 0.2) is 24.3 Å². The van der Waals surface area contributed by atoms with E-state index in [0.717, 1.165) is 31.1 Å². The van der Waals surface area contributed by atoms with Crippen molar-refractivity contribution in [1.29, 1.82) is 0 Å². The van der Waals surface area contributed by atoms with Crippen LogP contribution in [0, 0.1) is 0 Å². The second-order valence-corrected chi connectivity index (χ2v) is 4.31. The largest absolute Gasteiger partial charge is 0.354 e. The van der Waals surface area contributed by atoms with Crippen molar-refractivity contribution in [3.63, 3.8) is 0 Å². The van der Waals surface area contributed by atoms with E-state index in [1.54, 1.807) is 0 Å². The third-order valence-electron chi connectivity index (χ3n) is 3.10. The molecule has 1 aromatic heterocycles. The van der Waals surface area contributed by atoms with Gasteiger partial charge in [0.2, 0.25) is 5.95 Å². The number of rotatable bonds is 5. The number of para-hydroxylation sites is 2. The van der Waals surface area contributed by atoms with Crippen molar-refractivity contribution in [3.8, 4) is 0 Å². The van der Waals surface area contributed by atoms with E-state index in [0.29, 0.717) is 0 Å². The number of anilines is 1. The second-order valence-electron chi connectivity index (χ2n) is 4.31. The van der Waals surface area contributed by atoms with Gasteiger partial charge >= 0.3 is 0 Å². The topological polar surface area (TPSA) is 33.1 Å². The first-order chi connectivity index (χ1) is 8.22. The van der Waals surface area contributed by atoms with E-state index in [1.165, 1.54) is 5.52 Å². The monoisotopic (exact) mass is 232 g/mol. The van der Waals surface area contributed by atoms with Crippen LogP contribution >= 0.6 is 0 Å². The molecule has 0 amide bonds. The molecule has 0 radical (unpaired) electrons. The Bertz CT molecular complexity index is 489. The average Bonchev–Trinajstić information content (AvgIpc) is 2.67. The van der Waals surface area contributed by atoms with Crippen molar-refractivity contribution in [2.24, 2.45) is 7.05 Å². The molecule has 0 saturated heterocycles. The zero-order valence-corrected chi connectivity index (χ0v) is 10.8. The van der Waals surface area contributed by atoms with Crippen molar-refractivity contribution < 1.29 is 0 Å². The molecule has 1 N–H and O–H groups in total. The van der Waals surface area contributed by atoms with E-state index in [9.17, 15) is 0 Å². The standard InChI is InChI=1S/C13H20N4/c1-4-16(2)10-9-14-13-15-11-7-5-6-8-12(11)17(13)3/h5-8H,4,9-10H2,1-3H3,(H,14,15). The molecule has 0 aliphatic carbocycles. The first-order valence-electron chi connectivity index (χ1n) is 6.06. The lowest BCUT2D eigenvalue weighted by atomic mass is 10.3. The SMILES string of the molecule is CCN(C)CCNc1nc2ccccc2n1C. The number of hydrogen-bond acceptors (Lipinski definition) is 3. The molecule has 0 unspecified atom stereocenters. The van der Waals surface area contributed by atoms with Gasteiger partial charge in [-0.1, -0.05) is 19.1 Å². The number of aromatic nitrogens is 2. The molecule has 0 bridgehead atoms. The molecule has 1 heterocycles. The van der Waals surface area contributed by atoms with Gasteiger partial charge in [0.05, 0.1) is 11.0 Å². The highest BCUT2D eigenvalue weighted by Gasteiger charge is 2.05. The predicted octanol–water partition coefficient (Wildman–Crippen LogP) is 1.94. The highest BCUT2D eigenvalue weighted by Crippen LogP contribution is 2.16. The first kappa shape index (κ1) is 11.9. The molecule has 1 aromatic carbocycles. The zero-order chi connectivity index (χ0) is 12.3. The van der Waals surface area contributed by atoms with Gasteiger partial charge in [0.25, 0.3) is 0 Å². The lowest BCUT2D eigenvalue weighted by Crippen LogP contribution is -2.25. The molecule has 4 heteroatoms. The van der Waals surface area contributed by atoms with Crippen LogP contribution in [0.5, 0.6) is 0 Å². The van der Waals surface area contributed by atoms with Crippen molar-refractivity contribution >= 4 is 17.0 Å². The number of nitrogens with zero attached hydrogens (tertiary/aromatic N) is 3. The molecule has 0 aliphatic heterocycles. The van der Waals surface area contributed by atoms with Gasteiger partial charge in [0.1, 0.15) is 0 Å². The van der Waals surface area contributed by atoms with Crippen molar-refractivity contribution in [1.82, 2.24) is 14.5 Å². The van der Waals surface area contributed by atoms with Gasteiger partial charge in [-0.25, -0.2) is 4.98 Å². The molecular weight excluding hydrogens is 212 g/mol. The van der Waals surface area contributed by atoms with Gasteiger partial charge in [0, 0.05) is 20.1 Å². The Morgan fingerprint density at radius 3 is 2.82 bits per heavy atom. The van der Waals surface area contributed by atoms with Crippen LogP contribution in [0.1, 0.15) is 6.92 Å². The summed E-state index contributed by atoms with van der Waals surface area (Å²) in [5, 5.41) is 3.38. The third-order valence-corrected chi connectivity index (χ3v) is 3.10.